The van der Waals surface area contributed by atoms with Crippen molar-refractivity contribution in [2.75, 3.05) is 0 Å². The van der Waals surface area contributed by atoms with Crippen molar-refractivity contribution in [2.24, 2.45) is 5.92 Å². The number of carboxylic acid groups (broad SMARTS) is 1. The van der Waals surface area contributed by atoms with Gasteiger partial charge in [-0.25, -0.2) is 0 Å². The quantitative estimate of drug-likeness (QED) is 0.920. The van der Waals surface area contributed by atoms with Crippen molar-refractivity contribution < 1.29 is 9.90 Å². The molecule has 0 spiro atoms. The molecule has 0 aromatic heterocycles. The van der Waals surface area contributed by atoms with Crippen molar-refractivity contribution in [1.29, 1.82) is 5.26 Å². The SMILES string of the molecule is C[C@@H](Cc1ccc(-c2ccc(C#N)cc2)cc1)C(=O)O. The number of carbonyl (C=O) groups is 1. The standard InChI is InChI=1S/C17H15NO2/c1-12(17(19)20)10-13-2-6-15(7-3-13)16-8-4-14(11-18)5-9-16/h2-9,12H,10H2,1H3,(H,19,20)/t12-/m0/s1. The molecule has 1 atom stereocenters. The zero-order chi connectivity index (χ0) is 14.5. The zero-order valence-corrected chi connectivity index (χ0v) is 11.2. The van der Waals surface area contributed by atoms with Crippen LogP contribution in [0.5, 0.6) is 0 Å². The average Bonchev–Trinajstić information content (AvgIpc) is 2.48. The Morgan fingerprint density at radius 3 is 2.05 bits per heavy atom. The van der Waals surface area contributed by atoms with Gasteiger partial charge in [-0.15, -0.1) is 0 Å². The lowest BCUT2D eigenvalue weighted by Crippen LogP contribution is -2.12. The van der Waals surface area contributed by atoms with Gasteiger partial charge in [-0.2, -0.15) is 5.26 Å². The topological polar surface area (TPSA) is 61.1 Å². The average molecular weight is 265 g/mol. The van der Waals surface area contributed by atoms with Gasteiger partial charge in [0, 0.05) is 0 Å². The fraction of sp³-hybridized carbons (Fsp3) is 0.176. The highest BCUT2D eigenvalue weighted by atomic mass is 16.4. The monoisotopic (exact) mass is 265 g/mol. The van der Waals surface area contributed by atoms with Gasteiger partial charge in [0.25, 0.3) is 0 Å². The molecule has 2 aromatic rings. The first-order valence-electron chi connectivity index (χ1n) is 6.42. The number of nitrogens with zero attached hydrogens (tertiary/aromatic N) is 1. The molecule has 0 fully saturated rings. The van der Waals surface area contributed by atoms with Crippen LogP contribution in [0, 0.1) is 17.2 Å². The van der Waals surface area contributed by atoms with Gasteiger partial charge < -0.3 is 5.11 Å². The number of hydrogen-bond acceptors (Lipinski definition) is 2. The highest BCUT2D eigenvalue weighted by Crippen LogP contribution is 2.21. The Hall–Kier alpha value is -2.60. The predicted molar refractivity (Wildman–Crippen MR) is 77.1 cm³/mol. The first-order valence-corrected chi connectivity index (χ1v) is 6.42. The zero-order valence-electron chi connectivity index (χ0n) is 11.2. The highest BCUT2D eigenvalue weighted by Gasteiger charge is 2.11. The number of carboxylic acids is 1. The Bertz CT molecular complexity index is 636. The number of benzene rings is 2. The molecular formula is C17H15NO2. The minimum Gasteiger partial charge on any atom is -0.481 e. The maximum Gasteiger partial charge on any atom is 0.306 e. The second-order valence-electron chi connectivity index (χ2n) is 4.83. The van der Waals surface area contributed by atoms with Crippen LogP contribution in [0.15, 0.2) is 48.5 Å². The number of hydrogen-bond donors (Lipinski definition) is 1. The minimum absolute atomic E-state index is 0.379. The van der Waals surface area contributed by atoms with Crippen LogP contribution in [0.2, 0.25) is 0 Å². The lowest BCUT2D eigenvalue weighted by molar-refractivity contribution is -0.141. The van der Waals surface area contributed by atoms with Gasteiger partial charge in [-0.1, -0.05) is 43.3 Å². The van der Waals surface area contributed by atoms with Crippen LogP contribution in [0.3, 0.4) is 0 Å². The molecule has 1 N–H and O–H groups in total. The summed E-state index contributed by atoms with van der Waals surface area (Å²) in [6.45, 7) is 1.71. The molecular weight excluding hydrogens is 250 g/mol. The maximum absolute atomic E-state index is 10.8. The van der Waals surface area contributed by atoms with Gasteiger partial charge in [-0.05, 0) is 35.2 Å². The molecule has 0 heterocycles. The van der Waals surface area contributed by atoms with Crippen molar-refractivity contribution >= 4 is 5.97 Å². The number of nitriles is 1. The van der Waals surface area contributed by atoms with Gasteiger partial charge >= 0.3 is 5.97 Å². The van der Waals surface area contributed by atoms with E-state index in [0.717, 1.165) is 16.7 Å². The van der Waals surface area contributed by atoms with Crippen LogP contribution in [0.1, 0.15) is 18.1 Å². The number of aliphatic carboxylic acids is 1. The van der Waals surface area contributed by atoms with Crippen LogP contribution < -0.4 is 0 Å². The van der Waals surface area contributed by atoms with Gasteiger partial charge in [-0.3, -0.25) is 4.79 Å². The van der Waals surface area contributed by atoms with Crippen LogP contribution in [-0.4, -0.2) is 11.1 Å². The van der Waals surface area contributed by atoms with Crippen LogP contribution in [0.25, 0.3) is 11.1 Å². The number of rotatable bonds is 4. The molecule has 0 aliphatic rings. The summed E-state index contributed by atoms with van der Waals surface area (Å²) in [6.07, 6.45) is 0.531. The summed E-state index contributed by atoms with van der Waals surface area (Å²) in [5.41, 5.74) is 3.75. The van der Waals surface area contributed by atoms with Crippen LogP contribution >= 0.6 is 0 Å². The second-order valence-corrected chi connectivity index (χ2v) is 4.83. The second kappa shape index (κ2) is 6.03. The molecule has 100 valence electrons. The Morgan fingerprint density at radius 2 is 1.60 bits per heavy atom. The van der Waals surface area contributed by atoms with E-state index in [0.29, 0.717) is 12.0 Å². The first-order chi connectivity index (χ1) is 9.60. The lowest BCUT2D eigenvalue weighted by atomic mass is 9.98. The summed E-state index contributed by atoms with van der Waals surface area (Å²) in [7, 11) is 0. The van der Waals surface area contributed by atoms with Crippen LogP contribution in [0.4, 0.5) is 0 Å². The van der Waals surface area contributed by atoms with E-state index in [1.54, 1.807) is 19.1 Å². The fourth-order valence-electron chi connectivity index (χ4n) is 2.01. The van der Waals surface area contributed by atoms with Crippen LogP contribution in [-0.2, 0) is 11.2 Å². The molecule has 2 rings (SSSR count). The van der Waals surface area contributed by atoms with Crippen molar-refractivity contribution in [3.8, 4) is 17.2 Å². The van der Waals surface area contributed by atoms with Crippen molar-refractivity contribution in [2.45, 2.75) is 13.3 Å². The largest absolute Gasteiger partial charge is 0.481 e. The Kier molecular flexibility index (Phi) is 4.17. The van der Waals surface area contributed by atoms with E-state index in [2.05, 4.69) is 6.07 Å². The lowest BCUT2D eigenvalue weighted by Gasteiger charge is -2.07. The third-order valence-corrected chi connectivity index (χ3v) is 3.26. The molecule has 3 heteroatoms. The summed E-state index contributed by atoms with van der Waals surface area (Å²) >= 11 is 0. The molecule has 20 heavy (non-hydrogen) atoms. The third kappa shape index (κ3) is 3.24. The Labute approximate surface area is 118 Å². The third-order valence-electron chi connectivity index (χ3n) is 3.26. The molecule has 0 aliphatic carbocycles. The molecule has 0 aliphatic heterocycles. The first kappa shape index (κ1) is 13.8. The predicted octanol–water partition coefficient (Wildman–Crippen LogP) is 3.49. The van der Waals surface area contributed by atoms with E-state index >= 15 is 0 Å². The summed E-state index contributed by atoms with van der Waals surface area (Å²) in [5.74, 6) is -1.16. The normalized spacial score (nSPS) is 11.6. The molecule has 0 amide bonds. The minimum atomic E-state index is -0.777. The van der Waals surface area contributed by atoms with Crippen molar-refractivity contribution in [3.63, 3.8) is 0 Å². The van der Waals surface area contributed by atoms with E-state index in [1.807, 2.05) is 36.4 Å². The van der Waals surface area contributed by atoms with Crippen molar-refractivity contribution in [1.82, 2.24) is 0 Å². The summed E-state index contributed by atoms with van der Waals surface area (Å²) in [5, 5.41) is 17.7. The summed E-state index contributed by atoms with van der Waals surface area (Å²) < 4.78 is 0. The summed E-state index contributed by atoms with van der Waals surface area (Å²) in [4.78, 5) is 10.8. The van der Waals surface area contributed by atoms with Gasteiger partial charge in [0.2, 0.25) is 0 Å². The Morgan fingerprint density at radius 1 is 1.10 bits per heavy atom. The maximum atomic E-state index is 10.8. The van der Waals surface area contributed by atoms with E-state index in [9.17, 15) is 4.79 Å². The van der Waals surface area contributed by atoms with Gasteiger partial charge in [0.1, 0.15) is 0 Å². The summed E-state index contributed by atoms with van der Waals surface area (Å²) in [6, 6.07) is 17.3. The highest BCUT2D eigenvalue weighted by molar-refractivity contribution is 5.70. The fourth-order valence-corrected chi connectivity index (χ4v) is 2.01. The molecule has 0 unspecified atom stereocenters. The molecule has 0 radical (unpaired) electrons. The molecule has 0 saturated carbocycles. The van der Waals surface area contributed by atoms with Gasteiger partial charge in [0.15, 0.2) is 0 Å². The molecule has 0 bridgehead atoms. The van der Waals surface area contributed by atoms with E-state index < -0.39 is 5.97 Å². The van der Waals surface area contributed by atoms with E-state index in [1.165, 1.54) is 0 Å². The Balaban J connectivity index is 2.15. The molecule has 2 aromatic carbocycles. The smallest absolute Gasteiger partial charge is 0.306 e. The molecule has 0 saturated heterocycles. The van der Waals surface area contributed by atoms with E-state index in [-0.39, 0.29) is 5.92 Å². The van der Waals surface area contributed by atoms with E-state index in [4.69, 9.17) is 10.4 Å². The van der Waals surface area contributed by atoms with Gasteiger partial charge in [0.05, 0.1) is 17.6 Å². The van der Waals surface area contributed by atoms with Crippen molar-refractivity contribution in [3.05, 3.63) is 59.7 Å². The molecule has 3 nitrogen and oxygen atoms in total.